The van der Waals surface area contributed by atoms with Crippen LogP contribution in [0.25, 0.3) is 0 Å². The van der Waals surface area contributed by atoms with Crippen LogP contribution in [0.2, 0.25) is 0 Å². The zero-order valence-electron chi connectivity index (χ0n) is 10.1. The summed E-state index contributed by atoms with van der Waals surface area (Å²) < 4.78 is 5.22. The number of ether oxygens (including phenoxy) is 1. The minimum Gasteiger partial charge on any atom is -0.368 e. The SMILES string of the molecule is O=C1c2ccccc2C(=O)c2cc(C3CO3)ccc21. The molecule has 0 spiro atoms. The van der Waals surface area contributed by atoms with E-state index in [1.165, 1.54) is 0 Å². The number of hydrogen-bond acceptors (Lipinski definition) is 3. The van der Waals surface area contributed by atoms with Crippen LogP contribution in [0.4, 0.5) is 0 Å². The van der Waals surface area contributed by atoms with Crippen LogP contribution in [0.5, 0.6) is 0 Å². The molecule has 3 heteroatoms. The molecular formula is C16H10O3. The third-order valence-corrected chi connectivity index (χ3v) is 3.65. The molecule has 1 aliphatic heterocycles. The molecule has 0 N–H and O–H groups in total. The fraction of sp³-hybridized carbons (Fsp3) is 0.125. The van der Waals surface area contributed by atoms with E-state index in [2.05, 4.69) is 0 Å². The highest BCUT2D eigenvalue weighted by Crippen LogP contribution is 2.34. The van der Waals surface area contributed by atoms with Gasteiger partial charge in [-0.2, -0.15) is 0 Å². The molecular weight excluding hydrogens is 240 g/mol. The van der Waals surface area contributed by atoms with E-state index in [0.29, 0.717) is 28.9 Å². The summed E-state index contributed by atoms with van der Waals surface area (Å²) >= 11 is 0. The number of benzene rings is 2. The van der Waals surface area contributed by atoms with Crippen LogP contribution in [-0.2, 0) is 4.74 Å². The van der Waals surface area contributed by atoms with Gasteiger partial charge in [0.25, 0.3) is 0 Å². The average Bonchev–Trinajstić information content (AvgIpc) is 3.29. The number of fused-ring (bicyclic) bond motifs is 2. The maximum absolute atomic E-state index is 12.5. The standard InChI is InChI=1S/C16H10O3/c17-15-10-3-1-2-4-11(10)16(18)13-7-9(14-8-19-14)5-6-12(13)15/h1-7,14H,8H2. The predicted molar refractivity (Wildman–Crippen MR) is 68.4 cm³/mol. The van der Waals surface area contributed by atoms with Crippen LogP contribution >= 0.6 is 0 Å². The lowest BCUT2D eigenvalue weighted by molar-refractivity contribution is 0.0979. The monoisotopic (exact) mass is 250 g/mol. The Balaban J connectivity index is 1.93. The second-order valence-electron chi connectivity index (χ2n) is 4.83. The Morgan fingerprint density at radius 1 is 0.842 bits per heavy atom. The minimum absolute atomic E-state index is 0.0755. The van der Waals surface area contributed by atoms with E-state index in [1.54, 1.807) is 36.4 Å². The number of rotatable bonds is 1. The molecule has 0 saturated carbocycles. The number of ketones is 2. The number of carbonyl (C=O) groups is 2. The molecule has 0 amide bonds. The van der Waals surface area contributed by atoms with E-state index in [-0.39, 0.29) is 17.7 Å². The van der Waals surface area contributed by atoms with Gasteiger partial charge in [-0.3, -0.25) is 9.59 Å². The molecule has 1 aliphatic carbocycles. The van der Waals surface area contributed by atoms with Crippen molar-refractivity contribution >= 4 is 11.6 Å². The Morgan fingerprint density at radius 3 is 2.05 bits per heavy atom. The summed E-state index contributed by atoms with van der Waals surface area (Å²) in [5, 5.41) is 0. The van der Waals surface area contributed by atoms with Crippen molar-refractivity contribution in [3.63, 3.8) is 0 Å². The summed E-state index contributed by atoms with van der Waals surface area (Å²) in [6.07, 6.45) is 0.0883. The van der Waals surface area contributed by atoms with Crippen LogP contribution in [0.15, 0.2) is 42.5 Å². The van der Waals surface area contributed by atoms with Gasteiger partial charge in [0, 0.05) is 22.3 Å². The van der Waals surface area contributed by atoms with Gasteiger partial charge in [-0.1, -0.05) is 30.3 Å². The molecule has 19 heavy (non-hydrogen) atoms. The Kier molecular flexibility index (Phi) is 2.03. The van der Waals surface area contributed by atoms with Crippen molar-refractivity contribution in [1.29, 1.82) is 0 Å². The van der Waals surface area contributed by atoms with Gasteiger partial charge in [-0.05, 0) is 17.7 Å². The zero-order chi connectivity index (χ0) is 13.0. The zero-order valence-corrected chi connectivity index (χ0v) is 10.1. The Morgan fingerprint density at radius 2 is 1.42 bits per heavy atom. The molecule has 92 valence electrons. The maximum Gasteiger partial charge on any atom is 0.194 e. The molecule has 0 radical (unpaired) electrons. The number of carbonyl (C=O) groups excluding carboxylic acids is 2. The van der Waals surface area contributed by atoms with Gasteiger partial charge in [0.2, 0.25) is 0 Å². The van der Waals surface area contributed by atoms with Crippen LogP contribution in [0.1, 0.15) is 43.5 Å². The summed E-state index contributed by atoms with van der Waals surface area (Å²) in [7, 11) is 0. The lowest BCUT2D eigenvalue weighted by Gasteiger charge is -2.17. The van der Waals surface area contributed by atoms with E-state index in [9.17, 15) is 9.59 Å². The minimum atomic E-state index is -0.0762. The van der Waals surface area contributed by atoms with E-state index in [0.717, 1.165) is 5.56 Å². The lowest BCUT2D eigenvalue weighted by atomic mass is 9.83. The van der Waals surface area contributed by atoms with Crippen LogP contribution in [0, 0.1) is 0 Å². The summed E-state index contributed by atoms with van der Waals surface area (Å²) in [6, 6.07) is 12.4. The number of epoxide rings is 1. The molecule has 1 saturated heterocycles. The van der Waals surface area contributed by atoms with Gasteiger partial charge in [0.15, 0.2) is 11.6 Å². The second-order valence-corrected chi connectivity index (χ2v) is 4.83. The van der Waals surface area contributed by atoms with E-state index >= 15 is 0 Å². The molecule has 1 heterocycles. The highest BCUT2D eigenvalue weighted by Gasteiger charge is 2.32. The molecule has 2 aromatic carbocycles. The van der Waals surface area contributed by atoms with E-state index in [4.69, 9.17) is 4.74 Å². The lowest BCUT2D eigenvalue weighted by Crippen LogP contribution is -2.20. The first-order valence-corrected chi connectivity index (χ1v) is 6.19. The van der Waals surface area contributed by atoms with Gasteiger partial charge >= 0.3 is 0 Å². The Hall–Kier alpha value is -2.26. The van der Waals surface area contributed by atoms with Gasteiger partial charge < -0.3 is 4.74 Å². The molecule has 0 aromatic heterocycles. The second kappa shape index (κ2) is 3.62. The molecule has 3 nitrogen and oxygen atoms in total. The average molecular weight is 250 g/mol. The fourth-order valence-corrected chi connectivity index (χ4v) is 2.56. The Bertz CT molecular complexity index is 727. The van der Waals surface area contributed by atoms with Gasteiger partial charge in [0.1, 0.15) is 6.10 Å². The van der Waals surface area contributed by atoms with Crippen molar-refractivity contribution in [2.75, 3.05) is 6.61 Å². The third kappa shape index (κ3) is 1.48. The highest BCUT2D eigenvalue weighted by atomic mass is 16.6. The highest BCUT2D eigenvalue weighted by molar-refractivity contribution is 6.28. The third-order valence-electron chi connectivity index (χ3n) is 3.65. The van der Waals surface area contributed by atoms with Crippen molar-refractivity contribution in [1.82, 2.24) is 0 Å². The van der Waals surface area contributed by atoms with Gasteiger partial charge in [-0.25, -0.2) is 0 Å². The van der Waals surface area contributed by atoms with Crippen molar-refractivity contribution < 1.29 is 14.3 Å². The number of hydrogen-bond donors (Lipinski definition) is 0. The summed E-state index contributed by atoms with van der Waals surface area (Å²) in [5.74, 6) is -0.152. The molecule has 1 fully saturated rings. The topological polar surface area (TPSA) is 46.7 Å². The van der Waals surface area contributed by atoms with E-state index < -0.39 is 0 Å². The van der Waals surface area contributed by atoms with Crippen molar-refractivity contribution in [2.45, 2.75) is 6.10 Å². The predicted octanol–water partition coefficient (Wildman–Crippen LogP) is 2.53. The largest absolute Gasteiger partial charge is 0.368 e. The molecule has 0 bridgehead atoms. The molecule has 1 unspecified atom stereocenters. The molecule has 4 rings (SSSR count). The molecule has 2 aliphatic rings. The molecule has 2 aromatic rings. The van der Waals surface area contributed by atoms with Crippen molar-refractivity contribution in [3.05, 3.63) is 70.3 Å². The summed E-state index contributed by atoms with van der Waals surface area (Å²) in [6.45, 7) is 0.692. The Labute approximate surface area is 109 Å². The van der Waals surface area contributed by atoms with Crippen molar-refractivity contribution in [3.8, 4) is 0 Å². The summed E-state index contributed by atoms with van der Waals surface area (Å²) in [4.78, 5) is 24.8. The quantitative estimate of drug-likeness (QED) is 0.623. The van der Waals surface area contributed by atoms with Crippen LogP contribution in [0.3, 0.4) is 0 Å². The maximum atomic E-state index is 12.5. The normalized spacial score (nSPS) is 19.9. The van der Waals surface area contributed by atoms with Gasteiger partial charge in [0.05, 0.1) is 6.61 Å². The van der Waals surface area contributed by atoms with Crippen LogP contribution < -0.4 is 0 Å². The van der Waals surface area contributed by atoms with Crippen LogP contribution in [-0.4, -0.2) is 18.2 Å². The first-order chi connectivity index (χ1) is 9.25. The fourth-order valence-electron chi connectivity index (χ4n) is 2.56. The first kappa shape index (κ1) is 10.6. The summed E-state index contributed by atoms with van der Waals surface area (Å²) in [5.41, 5.74) is 2.95. The molecule has 1 atom stereocenters. The first-order valence-electron chi connectivity index (χ1n) is 6.19. The van der Waals surface area contributed by atoms with Gasteiger partial charge in [-0.15, -0.1) is 0 Å². The smallest absolute Gasteiger partial charge is 0.194 e. The van der Waals surface area contributed by atoms with E-state index in [1.807, 2.05) is 6.07 Å². The van der Waals surface area contributed by atoms with Crippen molar-refractivity contribution in [2.24, 2.45) is 0 Å².